The Hall–Kier alpha value is -1.85. The van der Waals surface area contributed by atoms with E-state index >= 15 is 0 Å². The summed E-state index contributed by atoms with van der Waals surface area (Å²) >= 11 is 0. The number of aryl methyl sites for hydroxylation is 1. The first-order valence-corrected chi connectivity index (χ1v) is 7.23. The Kier molecular flexibility index (Phi) is 4.07. The lowest BCUT2D eigenvalue weighted by molar-refractivity contribution is -0.159. The summed E-state index contributed by atoms with van der Waals surface area (Å²) in [4.78, 5) is 26.5. The molecule has 1 aliphatic rings. The van der Waals surface area contributed by atoms with E-state index in [2.05, 4.69) is 5.10 Å². The van der Waals surface area contributed by atoms with Crippen LogP contribution in [-0.4, -0.2) is 44.7 Å². The minimum absolute atomic E-state index is 0.144. The molecule has 2 heterocycles. The highest BCUT2D eigenvalue weighted by Crippen LogP contribution is 2.24. The number of esters is 1. The number of nitrogens with zero attached hydrogens (tertiary/aromatic N) is 3. The number of carbonyl (C=O) groups is 2. The van der Waals surface area contributed by atoms with Crippen molar-refractivity contribution in [3.05, 3.63) is 17.5 Å². The third kappa shape index (κ3) is 3.25. The molecule has 2 rings (SSSR count). The van der Waals surface area contributed by atoms with Gasteiger partial charge in [0.1, 0.15) is 11.6 Å². The van der Waals surface area contributed by atoms with E-state index in [1.54, 1.807) is 22.8 Å². The van der Waals surface area contributed by atoms with Gasteiger partial charge in [-0.25, -0.2) is 4.79 Å². The number of amides is 1. The van der Waals surface area contributed by atoms with Gasteiger partial charge in [0.2, 0.25) is 0 Å². The number of likely N-dealkylation sites (tertiary alicyclic amines) is 1. The van der Waals surface area contributed by atoms with Gasteiger partial charge in [0.05, 0.1) is 11.8 Å². The molecule has 116 valence electrons. The van der Waals surface area contributed by atoms with E-state index in [1.165, 1.54) is 0 Å². The molecule has 1 aliphatic heterocycles. The van der Waals surface area contributed by atoms with Crippen LogP contribution in [0.1, 0.15) is 49.7 Å². The van der Waals surface area contributed by atoms with Crippen molar-refractivity contribution in [3.63, 3.8) is 0 Å². The predicted octanol–water partition coefficient (Wildman–Crippen LogP) is 1.67. The lowest BCUT2D eigenvalue weighted by Gasteiger charge is -2.27. The number of ether oxygens (including phenoxy) is 1. The van der Waals surface area contributed by atoms with Gasteiger partial charge in [-0.15, -0.1) is 0 Å². The molecule has 1 amide bonds. The molecule has 0 spiro atoms. The van der Waals surface area contributed by atoms with Crippen molar-refractivity contribution in [2.45, 2.75) is 52.2 Å². The zero-order valence-corrected chi connectivity index (χ0v) is 13.3. The molecule has 6 nitrogen and oxygen atoms in total. The van der Waals surface area contributed by atoms with Crippen molar-refractivity contribution in [2.75, 3.05) is 6.54 Å². The van der Waals surface area contributed by atoms with E-state index in [-0.39, 0.29) is 11.9 Å². The van der Waals surface area contributed by atoms with Crippen molar-refractivity contribution in [1.29, 1.82) is 0 Å². The molecule has 1 fully saturated rings. The first-order chi connectivity index (χ1) is 9.70. The smallest absolute Gasteiger partial charge is 0.329 e. The predicted molar refractivity (Wildman–Crippen MR) is 77.8 cm³/mol. The molecule has 0 aromatic carbocycles. The van der Waals surface area contributed by atoms with Crippen LogP contribution in [0.2, 0.25) is 0 Å². The van der Waals surface area contributed by atoms with Gasteiger partial charge in [-0.2, -0.15) is 5.10 Å². The fourth-order valence-corrected chi connectivity index (χ4v) is 2.49. The average molecular weight is 293 g/mol. The highest BCUT2D eigenvalue weighted by Gasteiger charge is 2.38. The van der Waals surface area contributed by atoms with E-state index in [1.807, 2.05) is 27.7 Å². The molecule has 0 bridgehead atoms. The third-order valence-corrected chi connectivity index (χ3v) is 3.66. The Morgan fingerprint density at radius 1 is 1.38 bits per heavy atom. The second kappa shape index (κ2) is 5.50. The highest BCUT2D eigenvalue weighted by atomic mass is 16.6. The average Bonchev–Trinajstić information content (AvgIpc) is 2.95. The summed E-state index contributed by atoms with van der Waals surface area (Å²) in [6.45, 7) is 7.92. The second-order valence-corrected chi connectivity index (χ2v) is 6.46. The number of rotatable bonds is 2. The van der Waals surface area contributed by atoms with Crippen molar-refractivity contribution in [3.8, 4) is 0 Å². The number of hydrogen-bond donors (Lipinski definition) is 0. The fraction of sp³-hybridized carbons (Fsp3) is 0.667. The van der Waals surface area contributed by atoms with Crippen molar-refractivity contribution in [2.24, 2.45) is 7.05 Å². The first-order valence-electron chi connectivity index (χ1n) is 7.23. The first kappa shape index (κ1) is 15.5. The van der Waals surface area contributed by atoms with Gasteiger partial charge in [-0.1, -0.05) is 0 Å². The van der Waals surface area contributed by atoms with Crippen LogP contribution in [0.25, 0.3) is 0 Å². The molecular formula is C15H23N3O3. The third-order valence-electron chi connectivity index (χ3n) is 3.66. The van der Waals surface area contributed by atoms with Gasteiger partial charge in [0.15, 0.2) is 0 Å². The maximum atomic E-state index is 12.6. The quantitative estimate of drug-likeness (QED) is 0.778. The topological polar surface area (TPSA) is 64.4 Å². The van der Waals surface area contributed by atoms with Gasteiger partial charge in [-0.05, 0) is 40.5 Å². The zero-order valence-electron chi connectivity index (χ0n) is 13.3. The number of hydrogen-bond acceptors (Lipinski definition) is 4. The van der Waals surface area contributed by atoms with Crippen LogP contribution in [0.4, 0.5) is 0 Å². The van der Waals surface area contributed by atoms with Crippen LogP contribution in [0.15, 0.2) is 6.20 Å². The van der Waals surface area contributed by atoms with E-state index in [4.69, 9.17) is 4.74 Å². The lowest BCUT2D eigenvalue weighted by atomic mass is 10.1. The van der Waals surface area contributed by atoms with Gasteiger partial charge < -0.3 is 9.64 Å². The summed E-state index contributed by atoms with van der Waals surface area (Å²) in [6, 6.07) is -0.490. The number of aromatic nitrogens is 2. The van der Waals surface area contributed by atoms with Crippen LogP contribution in [-0.2, 0) is 16.6 Å². The van der Waals surface area contributed by atoms with Gasteiger partial charge in [0, 0.05) is 19.3 Å². The van der Waals surface area contributed by atoms with E-state index in [0.717, 1.165) is 12.1 Å². The molecule has 0 unspecified atom stereocenters. The maximum Gasteiger partial charge on any atom is 0.329 e. The minimum atomic E-state index is -0.543. The van der Waals surface area contributed by atoms with Gasteiger partial charge in [-0.3, -0.25) is 9.48 Å². The Morgan fingerprint density at radius 3 is 2.57 bits per heavy atom. The van der Waals surface area contributed by atoms with E-state index in [0.29, 0.717) is 18.5 Å². The lowest BCUT2D eigenvalue weighted by Crippen LogP contribution is -2.43. The van der Waals surface area contributed by atoms with Crippen LogP contribution >= 0.6 is 0 Å². The molecule has 0 N–H and O–H groups in total. The Labute approximate surface area is 125 Å². The molecule has 1 atom stereocenters. The summed E-state index contributed by atoms with van der Waals surface area (Å²) in [5.74, 6) is -0.469. The number of carbonyl (C=O) groups excluding carboxylic acids is 2. The van der Waals surface area contributed by atoms with Crippen LogP contribution in [0.5, 0.6) is 0 Å². The van der Waals surface area contributed by atoms with Crippen molar-refractivity contribution in [1.82, 2.24) is 14.7 Å². The summed E-state index contributed by atoms with van der Waals surface area (Å²) < 4.78 is 7.08. The molecule has 0 aliphatic carbocycles. The van der Waals surface area contributed by atoms with Gasteiger partial charge >= 0.3 is 5.97 Å². The van der Waals surface area contributed by atoms with Gasteiger partial charge in [0.25, 0.3) is 5.91 Å². The molecule has 1 aromatic rings. The van der Waals surface area contributed by atoms with Crippen LogP contribution in [0, 0.1) is 6.92 Å². The fourth-order valence-electron chi connectivity index (χ4n) is 2.49. The SMILES string of the molecule is Cc1c(C(=O)N2CCC[C@@H]2C(=O)OC(C)(C)C)cnn1C. The van der Waals surface area contributed by atoms with E-state index in [9.17, 15) is 9.59 Å². The summed E-state index contributed by atoms with van der Waals surface area (Å²) in [7, 11) is 1.79. The second-order valence-electron chi connectivity index (χ2n) is 6.46. The normalized spacial score (nSPS) is 18.9. The molecule has 1 saturated heterocycles. The molecule has 1 aromatic heterocycles. The van der Waals surface area contributed by atoms with E-state index < -0.39 is 11.6 Å². The Balaban J connectivity index is 2.17. The van der Waals surface area contributed by atoms with Crippen molar-refractivity contribution < 1.29 is 14.3 Å². The largest absolute Gasteiger partial charge is 0.458 e. The summed E-state index contributed by atoms with van der Waals surface area (Å²) in [5, 5.41) is 4.09. The van der Waals surface area contributed by atoms with Crippen molar-refractivity contribution >= 4 is 11.9 Å². The Bertz CT molecular complexity index is 557. The summed E-state index contributed by atoms with van der Waals surface area (Å²) in [5.41, 5.74) is 0.807. The molecule has 0 radical (unpaired) electrons. The molecular weight excluding hydrogens is 270 g/mol. The zero-order chi connectivity index (χ0) is 15.8. The minimum Gasteiger partial charge on any atom is -0.458 e. The maximum absolute atomic E-state index is 12.6. The van der Waals surface area contributed by atoms with Crippen LogP contribution in [0.3, 0.4) is 0 Å². The molecule has 21 heavy (non-hydrogen) atoms. The summed E-state index contributed by atoms with van der Waals surface area (Å²) in [6.07, 6.45) is 3.02. The monoisotopic (exact) mass is 293 g/mol. The molecule has 0 saturated carbocycles. The Morgan fingerprint density at radius 2 is 2.05 bits per heavy atom. The van der Waals surface area contributed by atoms with Crippen LogP contribution < -0.4 is 0 Å². The standard InChI is InChI=1S/C15H23N3O3/c1-10-11(9-16-17(10)5)13(19)18-8-6-7-12(18)14(20)21-15(2,3)4/h9,12H,6-8H2,1-5H3/t12-/m1/s1. The molecule has 6 heteroatoms. The highest BCUT2D eigenvalue weighted by molar-refractivity contribution is 5.97.